The van der Waals surface area contributed by atoms with E-state index in [2.05, 4.69) is 244 Å². The Morgan fingerprint density at radius 1 is 0.281 bits per heavy atom. The van der Waals surface area contributed by atoms with E-state index < -0.39 is 32.9 Å². The summed E-state index contributed by atoms with van der Waals surface area (Å²) in [7, 11) is 30.7. The molecule has 0 aliphatic carbocycles. The second kappa shape index (κ2) is 25.9. The fourth-order valence-corrected chi connectivity index (χ4v) is 16.2. The Bertz CT molecular complexity index is 2180. The van der Waals surface area contributed by atoms with E-state index in [1.807, 2.05) is 0 Å². The van der Waals surface area contributed by atoms with Crippen molar-refractivity contribution in [3.8, 4) is 0 Å². The van der Waals surface area contributed by atoms with Crippen LogP contribution in [0.1, 0.15) is 22.3 Å². The number of rotatable bonds is 10. The van der Waals surface area contributed by atoms with Crippen molar-refractivity contribution >= 4 is 127 Å². The van der Waals surface area contributed by atoms with E-state index >= 15 is 0 Å². The van der Waals surface area contributed by atoms with Crippen molar-refractivity contribution in [1.29, 1.82) is 0 Å². The van der Waals surface area contributed by atoms with Gasteiger partial charge in [-0.05, 0) is 97.8 Å². The van der Waals surface area contributed by atoms with Crippen LogP contribution < -0.4 is 31.8 Å². The second-order valence-corrected chi connectivity index (χ2v) is 44.9. The van der Waals surface area contributed by atoms with E-state index in [1.54, 1.807) is 0 Å². The first kappa shape index (κ1) is 52.9. The zero-order valence-electron chi connectivity index (χ0n) is 35.0. The van der Waals surface area contributed by atoms with Crippen LogP contribution in [0.3, 0.4) is 0 Å². The summed E-state index contributed by atoms with van der Waals surface area (Å²) in [5.41, 5.74) is 5.44. The van der Waals surface area contributed by atoms with Gasteiger partial charge in [-0.3, -0.25) is 0 Å². The van der Waals surface area contributed by atoms with Crippen molar-refractivity contribution in [3.05, 3.63) is 253 Å². The minimum atomic E-state index is -2.74. The maximum atomic E-state index is 4.97. The van der Waals surface area contributed by atoms with Crippen LogP contribution in [0.25, 0.3) is 0 Å². The molecule has 8 aromatic carbocycles. The summed E-state index contributed by atoms with van der Waals surface area (Å²) in [6.45, 7) is 4.36. The van der Waals surface area contributed by atoms with Crippen LogP contribution in [0.2, 0.25) is 0 Å². The predicted molar refractivity (Wildman–Crippen MR) is 287 cm³/mol. The molecule has 0 radical (unpaired) electrons. The molecule has 12 heteroatoms. The van der Waals surface area contributed by atoms with Gasteiger partial charge >= 0.3 is 99.2 Å². The average molecular weight is 1130 g/mol. The van der Waals surface area contributed by atoms with Crippen LogP contribution in [0.15, 0.2) is 231 Å². The molecule has 0 nitrogen and oxygen atoms in total. The second-order valence-electron chi connectivity index (χ2n) is 14.6. The number of hydrogen-bond donors (Lipinski definition) is 0. The third-order valence-electron chi connectivity index (χ3n) is 10.2. The number of aryl methyl sites for hydroxylation is 2. The Hall–Kier alpha value is -2.02. The van der Waals surface area contributed by atoms with Crippen molar-refractivity contribution in [2.75, 3.05) is 0 Å². The van der Waals surface area contributed by atoms with Gasteiger partial charge in [-0.2, -0.15) is 0 Å². The number of hydrogen-bond acceptors (Lipinski definition) is 0. The molecule has 0 atom stereocenters. The molecule has 0 N–H and O–H groups in total. The molecule has 0 fully saturated rings. The Morgan fingerprint density at radius 3 is 0.641 bits per heavy atom. The first-order valence-electron chi connectivity index (χ1n) is 19.9. The normalized spacial score (nSPS) is 11.9. The molecule has 64 heavy (non-hydrogen) atoms. The molecule has 0 saturated heterocycles. The van der Waals surface area contributed by atoms with Crippen molar-refractivity contribution in [1.82, 2.24) is 0 Å². The van der Waals surface area contributed by atoms with Crippen LogP contribution in [0, 0.1) is 13.8 Å². The number of benzene rings is 8. The Kier molecular flexibility index (Phi) is 21.4. The van der Waals surface area contributed by atoms with Gasteiger partial charge in [0.05, 0.1) is 12.3 Å². The summed E-state index contributed by atoms with van der Waals surface area (Å²) in [6, 6.07) is 84.4. The molecule has 0 unspecified atom stereocenters. The van der Waals surface area contributed by atoms with Crippen molar-refractivity contribution < 1.29 is 18.4 Å². The molecule has 0 bridgehead atoms. The Balaban J connectivity index is 0.000000199. The molecule has 0 heterocycles. The Morgan fingerprint density at radius 2 is 0.469 bits per heavy atom. The fourth-order valence-electron chi connectivity index (χ4n) is 7.71. The SMILES string of the molecule is Cc1cccc(C[P+](c2ccccc2)(c2ccccc2)c2ccccc2)c1.Cc1cccc(C[P+](c2ccccc2)(c2ccccc2)c2ccccc2)c1.[Cl][Mn-]([Cl])([Cl])[Cl].[Cl][Mn-]([Cl])([Cl])[Cl]. The van der Waals surface area contributed by atoms with E-state index in [4.69, 9.17) is 80.8 Å². The molecule has 0 saturated carbocycles. The van der Waals surface area contributed by atoms with Gasteiger partial charge in [0, 0.05) is 0 Å². The van der Waals surface area contributed by atoms with Crippen LogP contribution in [-0.4, -0.2) is 0 Å². The zero-order chi connectivity index (χ0) is 46.1. The van der Waals surface area contributed by atoms with E-state index in [-0.39, 0.29) is 0 Å². The zero-order valence-corrected chi connectivity index (χ0v) is 45.2. The van der Waals surface area contributed by atoms with Gasteiger partial charge in [0.25, 0.3) is 0 Å². The molecule has 8 rings (SSSR count). The molecule has 0 aromatic heterocycles. The van der Waals surface area contributed by atoms with Gasteiger partial charge in [-0.1, -0.05) is 169 Å². The fraction of sp³-hybridized carbons (Fsp3) is 0.0769. The van der Waals surface area contributed by atoms with Gasteiger partial charge in [0.1, 0.15) is 46.4 Å². The van der Waals surface area contributed by atoms with Crippen molar-refractivity contribution in [2.45, 2.75) is 26.2 Å². The molecule has 0 aliphatic heterocycles. The van der Waals surface area contributed by atoms with Gasteiger partial charge in [-0.15, -0.1) is 0 Å². The third kappa shape index (κ3) is 16.6. The average Bonchev–Trinajstić information content (AvgIpc) is 3.28. The van der Waals surface area contributed by atoms with Crippen LogP contribution in [0.4, 0.5) is 0 Å². The van der Waals surface area contributed by atoms with Crippen LogP contribution in [-0.2, 0) is 30.7 Å². The summed E-state index contributed by atoms with van der Waals surface area (Å²) >= 11 is 0. The topological polar surface area (TPSA) is 0 Å². The first-order chi connectivity index (χ1) is 30.6. The molecular formula is C52H48Cl8Mn2P2. The maximum absolute atomic E-state index is 4.97. The molecule has 8 aromatic rings. The van der Waals surface area contributed by atoms with Crippen molar-refractivity contribution in [2.24, 2.45) is 0 Å². The third-order valence-corrected chi connectivity index (χ3v) is 18.9. The quantitative estimate of drug-likeness (QED) is 0.0946. The Labute approximate surface area is 420 Å². The number of halogens is 8. The summed E-state index contributed by atoms with van der Waals surface area (Å²) in [6.07, 6.45) is 2.07. The molecule has 336 valence electrons. The summed E-state index contributed by atoms with van der Waals surface area (Å²) < 4.78 is 0. The minimum absolute atomic E-state index is 1.03. The molecule has 0 amide bonds. The van der Waals surface area contributed by atoms with Crippen molar-refractivity contribution in [3.63, 3.8) is 0 Å². The van der Waals surface area contributed by atoms with E-state index in [1.165, 1.54) is 54.1 Å². The molecular weight excluding hydrogens is 1080 g/mol. The van der Waals surface area contributed by atoms with E-state index in [9.17, 15) is 0 Å². The summed E-state index contributed by atoms with van der Waals surface area (Å²) in [5.74, 6) is 0. The standard InChI is InChI=1S/2C26H24P.8ClH.2Mn/c2*1-22-12-11-13-23(20-22)21-27(24-14-5-2-6-15-24,25-16-7-3-8-17-25)26-18-9-4-10-19-26;;;;;;;;;;/h2*2-20H,21H2,1H3;8*1H;;/q2*+1;;;;;;;;;2*+3/p-8. The van der Waals surface area contributed by atoms with Gasteiger partial charge in [0.2, 0.25) is 0 Å². The predicted octanol–water partition coefficient (Wildman–Crippen LogP) is 16.5. The van der Waals surface area contributed by atoms with E-state index in [0.29, 0.717) is 0 Å². The van der Waals surface area contributed by atoms with Gasteiger partial charge in [-0.25, -0.2) is 0 Å². The van der Waals surface area contributed by atoms with Gasteiger partial charge in [0.15, 0.2) is 0 Å². The molecule has 0 spiro atoms. The summed E-state index contributed by atoms with van der Waals surface area (Å²) in [5, 5.41) is 8.61. The first-order valence-corrected chi connectivity index (χ1v) is 36.9. The summed E-state index contributed by atoms with van der Waals surface area (Å²) in [4.78, 5) is 0. The monoisotopic (exact) mass is 1120 g/mol. The van der Waals surface area contributed by atoms with Crippen LogP contribution >= 0.6 is 95.3 Å². The van der Waals surface area contributed by atoms with Crippen LogP contribution in [0.5, 0.6) is 0 Å². The van der Waals surface area contributed by atoms with E-state index in [0.717, 1.165) is 12.3 Å². The molecule has 0 aliphatic rings. The van der Waals surface area contributed by atoms with Gasteiger partial charge < -0.3 is 0 Å².